The summed E-state index contributed by atoms with van der Waals surface area (Å²) in [5, 5.41) is 4.57. The van der Waals surface area contributed by atoms with Crippen molar-refractivity contribution in [2.45, 2.75) is 0 Å². The molecule has 10 aromatic rings. The van der Waals surface area contributed by atoms with Gasteiger partial charge < -0.3 is 13.9 Å². The quantitative estimate of drug-likeness (QED) is 0.179. The molecule has 0 saturated heterocycles. The van der Waals surface area contributed by atoms with Crippen LogP contribution in [0.15, 0.2) is 192 Å². The number of rotatable bonds is 6. The molecule has 4 nitrogen and oxygen atoms in total. The van der Waals surface area contributed by atoms with E-state index in [0.717, 1.165) is 61.3 Å². The molecule has 4 heteroatoms. The average Bonchev–Trinajstić information content (AvgIpc) is 3.80. The van der Waals surface area contributed by atoms with Crippen LogP contribution in [0.5, 0.6) is 0 Å². The third-order valence-electron chi connectivity index (χ3n) is 9.79. The van der Waals surface area contributed by atoms with E-state index in [1.165, 1.54) is 21.9 Å². The normalized spacial score (nSPS) is 11.5. The largest absolute Gasteiger partial charge is 0.434 e. The van der Waals surface area contributed by atoms with E-state index in [1.54, 1.807) is 0 Å². The molecule has 0 aliphatic rings. The Morgan fingerprint density at radius 2 is 1.04 bits per heavy atom. The number of anilines is 3. The standard InChI is InChI=1S/C47H31N3O/c1-4-14-32(15-5-1)33-24-26-37(27-25-33)49(38-28-29-41-40-22-12-13-23-42(40)50(43(41)31-38)36-19-8-3-9-20-36)44-30-35-18-10-11-21-39(35)45-46(44)51-47(48-45)34-16-6-2-7-17-34/h1-31H. The summed E-state index contributed by atoms with van der Waals surface area (Å²) in [7, 11) is 0. The molecule has 0 N–H and O–H groups in total. The molecule has 0 bridgehead atoms. The van der Waals surface area contributed by atoms with Crippen molar-refractivity contribution in [2.24, 2.45) is 0 Å². The first-order valence-electron chi connectivity index (χ1n) is 17.2. The maximum absolute atomic E-state index is 6.78. The minimum Gasteiger partial charge on any atom is -0.434 e. The molecule has 240 valence electrons. The van der Waals surface area contributed by atoms with E-state index >= 15 is 0 Å². The maximum Gasteiger partial charge on any atom is 0.227 e. The molecule has 0 fully saturated rings. The van der Waals surface area contributed by atoms with Crippen LogP contribution in [0.2, 0.25) is 0 Å². The number of oxazole rings is 1. The summed E-state index contributed by atoms with van der Waals surface area (Å²) in [6.45, 7) is 0. The van der Waals surface area contributed by atoms with E-state index in [0.29, 0.717) is 5.89 Å². The van der Waals surface area contributed by atoms with Crippen molar-refractivity contribution in [2.75, 3.05) is 4.90 Å². The fourth-order valence-corrected chi connectivity index (χ4v) is 7.41. The number of fused-ring (bicyclic) bond motifs is 6. The summed E-state index contributed by atoms with van der Waals surface area (Å²) in [5.74, 6) is 0.599. The van der Waals surface area contributed by atoms with Crippen LogP contribution in [-0.2, 0) is 0 Å². The molecular formula is C47H31N3O. The van der Waals surface area contributed by atoms with Crippen LogP contribution in [0.1, 0.15) is 0 Å². The fraction of sp³-hybridized carbons (Fsp3) is 0. The smallest absolute Gasteiger partial charge is 0.227 e. The maximum atomic E-state index is 6.78. The van der Waals surface area contributed by atoms with E-state index in [-0.39, 0.29) is 0 Å². The van der Waals surface area contributed by atoms with Gasteiger partial charge in [-0.15, -0.1) is 0 Å². The first kappa shape index (κ1) is 29.0. The molecule has 0 saturated carbocycles. The van der Waals surface area contributed by atoms with Crippen molar-refractivity contribution >= 4 is 60.7 Å². The Morgan fingerprint density at radius 1 is 0.451 bits per heavy atom. The lowest BCUT2D eigenvalue weighted by atomic mass is 10.0. The van der Waals surface area contributed by atoms with Gasteiger partial charge in [-0.05, 0) is 77.2 Å². The van der Waals surface area contributed by atoms with Crippen LogP contribution in [0.4, 0.5) is 17.1 Å². The Labute approximate surface area is 295 Å². The third kappa shape index (κ3) is 4.88. The van der Waals surface area contributed by atoms with Gasteiger partial charge in [0.2, 0.25) is 5.89 Å². The zero-order chi connectivity index (χ0) is 33.7. The summed E-state index contributed by atoms with van der Waals surface area (Å²) in [5.41, 5.74) is 11.2. The number of para-hydroxylation sites is 2. The molecule has 0 aliphatic heterocycles. The molecule has 2 heterocycles. The molecule has 0 unspecified atom stereocenters. The van der Waals surface area contributed by atoms with Crippen molar-refractivity contribution in [1.29, 1.82) is 0 Å². The van der Waals surface area contributed by atoms with Gasteiger partial charge in [0.15, 0.2) is 5.58 Å². The van der Waals surface area contributed by atoms with Crippen molar-refractivity contribution in [1.82, 2.24) is 9.55 Å². The minimum atomic E-state index is 0.599. The Bertz CT molecular complexity index is 2840. The minimum absolute atomic E-state index is 0.599. The first-order chi connectivity index (χ1) is 25.3. The molecule has 0 spiro atoms. The number of nitrogens with zero attached hydrogens (tertiary/aromatic N) is 3. The number of benzene rings is 8. The number of aromatic nitrogens is 2. The molecule has 0 amide bonds. The van der Waals surface area contributed by atoms with Gasteiger partial charge in [-0.25, -0.2) is 4.98 Å². The number of hydrogen-bond donors (Lipinski definition) is 0. The fourth-order valence-electron chi connectivity index (χ4n) is 7.41. The van der Waals surface area contributed by atoms with E-state index in [2.05, 4.69) is 167 Å². The van der Waals surface area contributed by atoms with Crippen molar-refractivity contribution in [3.8, 4) is 28.3 Å². The Morgan fingerprint density at radius 3 is 1.80 bits per heavy atom. The van der Waals surface area contributed by atoms with Crippen LogP contribution < -0.4 is 4.90 Å². The van der Waals surface area contributed by atoms with Crippen LogP contribution in [0, 0.1) is 0 Å². The lowest BCUT2D eigenvalue weighted by Crippen LogP contribution is -2.10. The Kier molecular flexibility index (Phi) is 6.78. The van der Waals surface area contributed by atoms with Gasteiger partial charge in [-0.3, -0.25) is 0 Å². The zero-order valence-electron chi connectivity index (χ0n) is 27.6. The van der Waals surface area contributed by atoms with Crippen LogP contribution in [-0.4, -0.2) is 9.55 Å². The summed E-state index contributed by atoms with van der Waals surface area (Å²) in [4.78, 5) is 7.45. The zero-order valence-corrected chi connectivity index (χ0v) is 27.6. The van der Waals surface area contributed by atoms with E-state index in [9.17, 15) is 0 Å². The van der Waals surface area contributed by atoms with Gasteiger partial charge in [0.25, 0.3) is 0 Å². The monoisotopic (exact) mass is 653 g/mol. The molecule has 0 aliphatic carbocycles. The highest BCUT2D eigenvalue weighted by Gasteiger charge is 2.23. The molecular weight excluding hydrogens is 623 g/mol. The molecule has 0 radical (unpaired) electrons. The summed E-state index contributed by atoms with van der Waals surface area (Å²) >= 11 is 0. The van der Waals surface area contributed by atoms with Crippen molar-refractivity contribution in [3.05, 3.63) is 188 Å². The SMILES string of the molecule is c1ccc(-c2ccc(N(c3ccc4c5ccccc5n(-c5ccccc5)c4c3)c3cc4ccccc4c4nc(-c5ccccc5)oc34)cc2)cc1. The van der Waals surface area contributed by atoms with Gasteiger partial charge in [-0.1, -0.05) is 127 Å². The van der Waals surface area contributed by atoms with Crippen LogP contribution in [0.25, 0.3) is 71.9 Å². The van der Waals surface area contributed by atoms with Crippen molar-refractivity contribution < 1.29 is 4.42 Å². The highest BCUT2D eigenvalue weighted by atomic mass is 16.3. The Balaban J connectivity index is 1.26. The predicted octanol–water partition coefficient (Wildman–Crippen LogP) is 12.9. The van der Waals surface area contributed by atoms with Gasteiger partial charge in [0.05, 0.1) is 16.7 Å². The van der Waals surface area contributed by atoms with E-state index in [1.807, 2.05) is 30.3 Å². The summed E-state index contributed by atoms with van der Waals surface area (Å²) < 4.78 is 9.14. The van der Waals surface area contributed by atoms with Gasteiger partial charge >= 0.3 is 0 Å². The predicted molar refractivity (Wildman–Crippen MR) is 211 cm³/mol. The molecule has 51 heavy (non-hydrogen) atoms. The van der Waals surface area contributed by atoms with Gasteiger partial charge in [-0.2, -0.15) is 0 Å². The highest BCUT2D eigenvalue weighted by Crippen LogP contribution is 2.45. The summed E-state index contributed by atoms with van der Waals surface area (Å²) in [6.07, 6.45) is 0. The second kappa shape index (κ2) is 11.9. The highest BCUT2D eigenvalue weighted by molar-refractivity contribution is 6.13. The average molecular weight is 654 g/mol. The Hall–Kier alpha value is -6.91. The molecule has 0 atom stereocenters. The third-order valence-corrected chi connectivity index (χ3v) is 9.79. The molecule has 10 rings (SSSR count). The van der Waals surface area contributed by atoms with Crippen LogP contribution >= 0.6 is 0 Å². The molecule has 2 aromatic heterocycles. The van der Waals surface area contributed by atoms with Crippen molar-refractivity contribution in [3.63, 3.8) is 0 Å². The van der Waals surface area contributed by atoms with Gasteiger partial charge in [0.1, 0.15) is 5.52 Å². The lowest BCUT2D eigenvalue weighted by Gasteiger charge is -2.26. The lowest BCUT2D eigenvalue weighted by molar-refractivity contribution is 0.620. The van der Waals surface area contributed by atoms with E-state index in [4.69, 9.17) is 9.40 Å². The second-order valence-corrected chi connectivity index (χ2v) is 12.8. The van der Waals surface area contributed by atoms with Crippen LogP contribution in [0.3, 0.4) is 0 Å². The topological polar surface area (TPSA) is 34.2 Å². The molecule has 8 aromatic carbocycles. The first-order valence-corrected chi connectivity index (χ1v) is 17.2. The second-order valence-electron chi connectivity index (χ2n) is 12.8. The van der Waals surface area contributed by atoms with E-state index < -0.39 is 0 Å². The summed E-state index contributed by atoms with van der Waals surface area (Å²) in [6, 6.07) is 66.2. The number of hydrogen-bond acceptors (Lipinski definition) is 3. The van der Waals surface area contributed by atoms with Gasteiger partial charge in [0, 0.05) is 38.8 Å².